The van der Waals surface area contributed by atoms with Crippen LogP contribution in [0.3, 0.4) is 0 Å². The summed E-state index contributed by atoms with van der Waals surface area (Å²) in [5.41, 5.74) is 9.53. The van der Waals surface area contributed by atoms with E-state index in [0.29, 0.717) is 5.02 Å². The van der Waals surface area contributed by atoms with E-state index < -0.39 is 11.8 Å². The summed E-state index contributed by atoms with van der Waals surface area (Å²) in [4.78, 5) is 24.0. The Labute approximate surface area is 128 Å². The van der Waals surface area contributed by atoms with Crippen molar-refractivity contribution in [1.82, 2.24) is 21.2 Å². The quantitative estimate of drug-likeness (QED) is 0.562. The molecule has 0 aliphatic rings. The molecule has 1 heterocycles. The lowest BCUT2D eigenvalue weighted by Crippen LogP contribution is -2.42. The number of nitrogens with zero attached hydrogens (tertiary/aromatic N) is 2. The molecular formula is C11H10ClN5O3S. The lowest BCUT2D eigenvalue weighted by molar-refractivity contribution is -0.119. The number of hydrogen-bond acceptors (Lipinski definition) is 7. The summed E-state index contributed by atoms with van der Waals surface area (Å²) in [5, 5.41) is 7.17. The first-order valence-corrected chi connectivity index (χ1v) is 6.98. The smallest absolute Gasteiger partial charge is 0.295 e. The minimum absolute atomic E-state index is 0.120. The maximum Gasteiger partial charge on any atom is 0.295 e. The van der Waals surface area contributed by atoms with Gasteiger partial charge in [0.25, 0.3) is 5.91 Å². The molecule has 0 aliphatic carbocycles. The van der Waals surface area contributed by atoms with Crippen LogP contribution < -0.4 is 16.6 Å². The van der Waals surface area contributed by atoms with Crippen LogP contribution in [0.5, 0.6) is 0 Å². The summed E-state index contributed by atoms with van der Waals surface area (Å²) >= 11 is 7.05. The highest BCUT2D eigenvalue weighted by Crippen LogP contribution is 2.19. The highest BCUT2D eigenvalue weighted by Gasteiger charge is 2.16. The molecule has 0 saturated carbocycles. The van der Waals surface area contributed by atoms with E-state index in [-0.39, 0.29) is 17.3 Å². The third-order valence-corrected chi connectivity index (χ3v) is 3.49. The molecule has 10 heteroatoms. The standard InChI is InChI=1S/C11H10ClN5O3S/c12-6-1-3-7(4-2-6)21-5-8(18)14-15-11(19)9-10(13)17-20-16-9/h1-4H,5H2,(H2,13,17)(H,14,18)(H,15,19). The van der Waals surface area contributed by atoms with E-state index in [1.54, 1.807) is 24.3 Å². The van der Waals surface area contributed by atoms with Crippen molar-refractivity contribution in [2.45, 2.75) is 4.90 Å². The third-order valence-electron chi connectivity index (χ3n) is 2.23. The highest BCUT2D eigenvalue weighted by molar-refractivity contribution is 8.00. The largest absolute Gasteiger partial charge is 0.379 e. The van der Waals surface area contributed by atoms with Crippen LogP contribution in [-0.2, 0) is 4.79 Å². The van der Waals surface area contributed by atoms with E-state index in [1.807, 2.05) is 0 Å². The molecule has 4 N–H and O–H groups in total. The minimum atomic E-state index is -0.710. The molecule has 2 amide bonds. The van der Waals surface area contributed by atoms with Gasteiger partial charge in [-0.25, -0.2) is 4.63 Å². The Morgan fingerprint density at radius 3 is 2.57 bits per heavy atom. The second-order valence-corrected chi connectivity index (χ2v) is 5.23. The summed E-state index contributed by atoms with van der Waals surface area (Å²) in [6.45, 7) is 0. The van der Waals surface area contributed by atoms with Gasteiger partial charge in [0.15, 0.2) is 0 Å². The van der Waals surface area contributed by atoms with Crippen LogP contribution >= 0.6 is 23.4 Å². The fraction of sp³-hybridized carbons (Fsp3) is 0.0909. The van der Waals surface area contributed by atoms with Gasteiger partial charge in [-0.3, -0.25) is 20.4 Å². The third kappa shape index (κ3) is 4.36. The molecule has 110 valence electrons. The number of carbonyl (C=O) groups is 2. The summed E-state index contributed by atoms with van der Waals surface area (Å²) in [5.74, 6) is -1.14. The summed E-state index contributed by atoms with van der Waals surface area (Å²) in [6.07, 6.45) is 0. The van der Waals surface area contributed by atoms with Gasteiger partial charge in [0.1, 0.15) is 0 Å². The van der Waals surface area contributed by atoms with E-state index in [2.05, 4.69) is 25.8 Å². The Kier molecular flexibility index (Phi) is 5.01. The SMILES string of the molecule is Nc1nonc1C(=O)NNC(=O)CSc1ccc(Cl)cc1. The van der Waals surface area contributed by atoms with Crippen molar-refractivity contribution in [1.29, 1.82) is 0 Å². The fourth-order valence-electron chi connectivity index (χ4n) is 1.25. The summed E-state index contributed by atoms with van der Waals surface area (Å²) < 4.78 is 4.27. The predicted molar refractivity (Wildman–Crippen MR) is 76.5 cm³/mol. The lowest BCUT2D eigenvalue weighted by Gasteiger charge is -2.05. The second kappa shape index (κ2) is 6.95. The Morgan fingerprint density at radius 1 is 1.24 bits per heavy atom. The van der Waals surface area contributed by atoms with Crippen LogP contribution in [0.25, 0.3) is 0 Å². The Balaban J connectivity index is 1.76. The van der Waals surface area contributed by atoms with Gasteiger partial charge in [0, 0.05) is 9.92 Å². The number of halogens is 1. The van der Waals surface area contributed by atoms with Crippen molar-refractivity contribution >= 4 is 41.0 Å². The number of amides is 2. The minimum Gasteiger partial charge on any atom is -0.379 e. The van der Waals surface area contributed by atoms with Gasteiger partial charge in [-0.05, 0) is 34.6 Å². The van der Waals surface area contributed by atoms with Crippen LogP contribution in [-0.4, -0.2) is 27.9 Å². The van der Waals surface area contributed by atoms with Crippen LogP contribution in [0, 0.1) is 0 Å². The van der Waals surface area contributed by atoms with Gasteiger partial charge < -0.3 is 5.73 Å². The van der Waals surface area contributed by atoms with Crippen LogP contribution in [0.4, 0.5) is 5.82 Å². The summed E-state index contributed by atoms with van der Waals surface area (Å²) in [6, 6.07) is 7.04. The molecule has 0 atom stereocenters. The monoisotopic (exact) mass is 327 g/mol. The zero-order valence-electron chi connectivity index (χ0n) is 10.5. The Bertz CT molecular complexity index is 646. The lowest BCUT2D eigenvalue weighted by atomic mass is 10.4. The van der Waals surface area contributed by atoms with Crippen LogP contribution in [0.15, 0.2) is 33.8 Å². The van der Waals surface area contributed by atoms with E-state index in [0.717, 1.165) is 4.90 Å². The van der Waals surface area contributed by atoms with Crippen LogP contribution in [0.2, 0.25) is 5.02 Å². The first-order valence-electron chi connectivity index (χ1n) is 5.62. The number of thioether (sulfide) groups is 1. The molecule has 0 bridgehead atoms. The molecule has 1 aromatic heterocycles. The maximum absolute atomic E-state index is 11.6. The Morgan fingerprint density at radius 2 is 1.95 bits per heavy atom. The maximum atomic E-state index is 11.6. The number of aromatic nitrogens is 2. The molecule has 0 unspecified atom stereocenters. The van der Waals surface area contributed by atoms with Gasteiger partial charge in [-0.2, -0.15) is 0 Å². The van der Waals surface area contributed by atoms with E-state index in [9.17, 15) is 9.59 Å². The number of hydrazine groups is 1. The van der Waals surface area contributed by atoms with Gasteiger partial charge in [0.05, 0.1) is 5.75 Å². The number of nitrogens with two attached hydrogens (primary N) is 1. The number of rotatable bonds is 4. The van der Waals surface area contributed by atoms with E-state index in [4.69, 9.17) is 17.3 Å². The number of hydrogen-bond donors (Lipinski definition) is 3. The van der Waals surface area contributed by atoms with Crippen molar-refractivity contribution in [3.8, 4) is 0 Å². The van der Waals surface area contributed by atoms with Gasteiger partial charge in [0.2, 0.25) is 17.4 Å². The number of nitrogens with one attached hydrogen (secondary N) is 2. The number of nitrogen functional groups attached to an aromatic ring is 1. The number of anilines is 1. The predicted octanol–water partition coefficient (Wildman–Crippen LogP) is 0.858. The topological polar surface area (TPSA) is 123 Å². The fourth-order valence-corrected chi connectivity index (χ4v) is 2.08. The second-order valence-electron chi connectivity index (χ2n) is 3.74. The summed E-state index contributed by atoms with van der Waals surface area (Å²) in [7, 11) is 0. The highest BCUT2D eigenvalue weighted by atomic mass is 35.5. The zero-order chi connectivity index (χ0) is 15.2. The normalized spacial score (nSPS) is 10.1. The van der Waals surface area contributed by atoms with E-state index in [1.165, 1.54) is 11.8 Å². The molecule has 2 aromatic rings. The van der Waals surface area contributed by atoms with Crippen molar-refractivity contribution in [3.05, 3.63) is 35.0 Å². The van der Waals surface area contributed by atoms with Crippen molar-refractivity contribution in [3.63, 3.8) is 0 Å². The zero-order valence-corrected chi connectivity index (χ0v) is 12.1. The first-order chi connectivity index (χ1) is 10.1. The molecule has 8 nitrogen and oxygen atoms in total. The molecule has 0 spiro atoms. The average Bonchev–Trinajstić information content (AvgIpc) is 2.90. The molecule has 0 aliphatic heterocycles. The number of benzene rings is 1. The van der Waals surface area contributed by atoms with E-state index >= 15 is 0 Å². The average molecular weight is 328 g/mol. The molecular weight excluding hydrogens is 318 g/mol. The van der Waals surface area contributed by atoms with Crippen molar-refractivity contribution in [2.24, 2.45) is 0 Å². The van der Waals surface area contributed by atoms with Crippen molar-refractivity contribution in [2.75, 3.05) is 11.5 Å². The van der Waals surface area contributed by atoms with Crippen molar-refractivity contribution < 1.29 is 14.2 Å². The molecule has 21 heavy (non-hydrogen) atoms. The Hall–Kier alpha value is -2.26. The molecule has 1 aromatic carbocycles. The van der Waals surface area contributed by atoms with Gasteiger partial charge in [-0.1, -0.05) is 11.6 Å². The van der Waals surface area contributed by atoms with Crippen LogP contribution in [0.1, 0.15) is 10.5 Å². The number of carbonyl (C=O) groups excluding carboxylic acids is 2. The molecule has 0 radical (unpaired) electrons. The molecule has 0 fully saturated rings. The molecule has 2 rings (SSSR count). The first kappa shape index (κ1) is 15.1. The van der Waals surface area contributed by atoms with Gasteiger partial charge in [-0.15, -0.1) is 11.8 Å². The van der Waals surface area contributed by atoms with Gasteiger partial charge >= 0.3 is 0 Å². The molecule has 0 saturated heterocycles.